The van der Waals surface area contributed by atoms with E-state index < -0.39 is 18.4 Å². The Balaban J connectivity index is 1.61. The molecule has 0 aromatic heterocycles. The van der Waals surface area contributed by atoms with Crippen LogP contribution in [0.4, 0.5) is 23.7 Å². The van der Waals surface area contributed by atoms with Gasteiger partial charge < -0.3 is 4.74 Å². The number of carbonyl (C=O) groups is 1. The van der Waals surface area contributed by atoms with Gasteiger partial charge in [0.05, 0.1) is 0 Å². The smallest absolute Gasteiger partial charge is 0.426 e. The number of nitrogens with one attached hydrogen (secondary N) is 1. The molecule has 1 unspecified atom stereocenters. The molecular weight excluding hydrogens is 405 g/mol. The molecule has 0 saturated carbocycles. The first-order valence-corrected chi connectivity index (χ1v) is 9.76. The summed E-state index contributed by atoms with van der Waals surface area (Å²) in [6.07, 6.45) is -6.29. The van der Waals surface area contributed by atoms with Crippen molar-refractivity contribution in [3.05, 3.63) is 65.2 Å². The minimum absolute atomic E-state index is 0.168. The zero-order valence-electron chi connectivity index (χ0n) is 15.7. The van der Waals surface area contributed by atoms with Crippen LogP contribution in [0.1, 0.15) is 24.3 Å². The Labute approximate surface area is 172 Å². The molecule has 0 aliphatic carbocycles. The molecule has 4 nitrogen and oxygen atoms in total. The van der Waals surface area contributed by atoms with E-state index >= 15 is 0 Å². The van der Waals surface area contributed by atoms with Crippen LogP contribution in [0.2, 0.25) is 5.02 Å². The molecule has 1 aliphatic rings. The Kier molecular flexibility index (Phi) is 7.03. The number of hydrogen-bond acceptors (Lipinski definition) is 3. The van der Waals surface area contributed by atoms with E-state index in [0.29, 0.717) is 23.8 Å². The predicted octanol–water partition coefficient (Wildman–Crippen LogP) is 5.70. The molecule has 8 heteroatoms. The monoisotopic (exact) mass is 426 g/mol. The second-order valence-electron chi connectivity index (χ2n) is 7.08. The number of alkyl halides is 3. The molecule has 1 amide bonds. The summed E-state index contributed by atoms with van der Waals surface area (Å²) in [4.78, 5) is 13.7. The third-order valence-corrected chi connectivity index (χ3v) is 5.16. The molecule has 1 saturated heterocycles. The van der Waals surface area contributed by atoms with Crippen LogP contribution in [0, 0.1) is 0 Å². The van der Waals surface area contributed by atoms with Gasteiger partial charge in [-0.05, 0) is 55.1 Å². The molecule has 0 bridgehead atoms. The summed E-state index contributed by atoms with van der Waals surface area (Å²) >= 11 is 5.76. The molecule has 1 aliphatic heterocycles. The molecule has 3 rings (SSSR count). The molecular formula is C21H22ClF3N2O2. The van der Waals surface area contributed by atoms with Crippen molar-refractivity contribution >= 4 is 23.4 Å². The van der Waals surface area contributed by atoms with Crippen LogP contribution in [0.5, 0.6) is 0 Å². The number of amides is 1. The Morgan fingerprint density at radius 2 is 1.86 bits per heavy atom. The lowest BCUT2D eigenvalue weighted by molar-refractivity contribution is -0.207. The summed E-state index contributed by atoms with van der Waals surface area (Å²) in [5.41, 5.74) is 1.42. The number of likely N-dealkylation sites (tertiary alicyclic amines) is 1. The number of halogens is 4. The van der Waals surface area contributed by atoms with E-state index in [1.165, 1.54) is 24.3 Å². The highest BCUT2D eigenvalue weighted by Gasteiger charge is 2.44. The maximum atomic E-state index is 13.5. The first-order chi connectivity index (χ1) is 13.8. The van der Waals surface area contributed by atoms with Crippen LogP contribution in [0.15, 0.2) is 54.6 Å². The topological polar surface area (TPSA) is 41.6 Å². The average molecular weight is 427 g/mol. The van der Waals surface area contributed by atoms with Gasteiger partial charge in [-0.25, -0.2) is 4.79 Å². The summed E-state index contributed by atoms with van der Waals surface area (Å²) in [5, 5.41) is 2.76. The van der Waals surface area contributed by atoms with Crippen molar-refractivity contribution in [3.8, 4) is 0 Å². The average Bonchev–Trinajstić information content (AvgIpc) is 2.69. The van der Waals surface area contributed by atoms with E-state index in [2.05, 4.69) is 5.32 Å². The van der Waals surface area contributed by atoms with Crippen LogP contribution in [0.3, 0.4) is 0 Å². The van der Waals surface area contributed by atoms with Crippen molar-refractivity contribution in [2.75, 3.05) is 25.0 Å². The van der Waals surface area contributed by atoms with E-state index in [1.54, 1.807) is 4.90 Å². The molecule has 0 radical (unpaired) electrons. The van der Waals surface area contributed by atoms with E-state index in [0.717, 1.165) is 18.4 Å². The fourth-order valence-electron chi connectivity index (χ4n) is 3.47. The number of carbonyl (C=O) groups excluding carboxylic acids is 1. The Morgan fingerprint density at radius 3 is 2.52 bits per heavy atom. The summed E-state index contributed by atoms with van der Waals surface area (Å²) in [6.45, 7) is 0.651. The fraction of sp³-hybridized carbons (Fsp3) is 0.381. The van der Waals surface area contributed by atoms with Gasteiger partial charge in [-0.3, -0.25) is 10.2 Å². The third kappa shape index (κ3) is 6.37. The van der Waals surface area contributed by atoms with Gasteiger partial charge in [0.1, 0.15) is 0 Å². The standard InChI is InChI=1S/C21H22ClF3N2O2/c22-17-8-10-18(11-9-17)26-20(28)29-19(21(23,24)25)14-27-12-4-7-16(13-27)15-5-2-1-3-6-15/h1-3,5-6,8-11,16,19H,4,7,12-14H2,(H,26,28)/t16-,19?/m1/s1. The summed E-state index contributed by atoms with van der Waals surface area (Å²) < 4.78 is 45.2. The maximum Gasteiger partial charge on any atom is 0.426 e. The Hall–Kier alpha value is -2.25. The second-order valence-corrected chi connectivity index (χ2v) is 7.51. The van der Waals surface area contributed by atoms with E-state index in [-0.39, 0.29) is 12.5 Å². The van der Waals surface area contributed by atoms with Gasteiger partial charge in [0.25, 0.3) is 0 Å². The quantitative estimate of drug-likeness (QED) is 0.666. The highest BCUT2D eigenvalue weighted by molar-refractivity contribution is 6.30. The van der Waals surface area contributed by atoms with Crippen LogP contribution < -0.4 is 5.32 Å². The molecule has 2 aromatic rings. The fourth-order valence-corrected chi connectivity index (χ4v) is 3.60. The van der Waals surface area contributed by atoms with Crippen LogP contribution in [-0.4, -0.2) is 42.9 Å². The minimum Gasteiger partial charge on any atom is -0.435 e. The molecule has 29 heavy (non-hydrogen) atoms. The van der Waals surface area contributed by atoms with Crippen molar-refractivity contribution in [1.29, 1.82) is 0 Å². The van der Waals surface area contributed by atoms with Gasteiger partial charge in [0.15, 0.2) is 0 Å². The van der Waals surface area contributed by atoms with Crippen molar-refractivity contribution < 1.29 is 22.7 Å². The third-order valence-electron chi connectivity index (χ3n) is 4.91. The van der Waals surface area contributed by atoms with Gasteiger partial charge in [-0.15, -0.1) is 0 Å². The van der Waals surface area contributed by atoms with Crippen molar-refractivity contribution in [2.24, 2.45) is 0 Å². The molecule has 2 atom stereocenters. The largest absolute Gasteiger partial charge is 0.435 e. The maximum absolute atomic E-state index is 13.5. The Morgan fingerprint density at radius 1 is 1.17 bits per heavy atom. The van der Waals surface area contributed by atoms with Crippen LogP contribution >= 0.6 is 11.6 Å². The predicted molar refractivity (Wildman–Crippen MR) is 106 cm³/mol. The zero-order valence-corrected chi connectivity index (χ0v) is 16.4. The lowest BCUT2D eigenvalue weighted by Gasteiger charge is -2.35. The summed E-state index contributed by atoms with van der Waals surface area (Å²) in [5.74, 6) is 0.168. The van der Waals surface area contributed by atoms with Crippen molar-refractivity contribution in [2.45, 2.75) is 31.0 Å². The number of hydrogen-bond donors (Lipinski definition) is 1. The zero-order chi connectivity index (χ0) is 20.9. The number of ether oxygens (including phenoxy) is 1. The van der Waals surface area contributed by atoms with E-state index in [1.807, 2.05) is 30.3 Å². The second kappa shape index (κ2) is 9.50. The van der Waals surface area contributed by atoms with Crippen LogP contribution in [0.25, 0.3) is 0 Å². The van der Waals surface area contributed by atoms with Crippen LogP contribution in [-0.2, 0) is 4.74 Å². The number of rotatable bonds is 5. The number of benzene rings is 2. The number of piperidine rings is 1. The van der Waals surface area contributed by atoms with Gasteiger partial charge in [-0.2, -0.15) is 13.2 Å². The lowest BCUT2D eigenvalue weighted by Crippen LogP contribution is -2.47. The van der Waals surface area contributed by atoms with E-state index in [9.17, 15) is 18.0 Å². The summed E-state index contributed by atoms with van der Waals surface area (Å²) in [6, 6.07) is 15.8. The van der Waals surface area contributed by atoms with Gasteiger partial charge >= 0.3 is 12.3 Å². The van der Waals surface area contributed by atoms with Crippen molar-refractivity contribution in [3.63, 3.8) is 0 Å². The SMILES string of the molecule is O=C(Nc1ccc(Cl)cc1)OC(CN1CCC[C@@H](c2ccccc2)C1)C(F)(F)F. The number of anilines is 1. The van der Waals surface area contributed by atoms with E-state index in [4.69, 9.17) is 16.3 Å². The molecule has 0 spiro atoms. The highest BCUT2D eigenvalue weighted by Crippen LogP contribution is 2.30. The molecule has 1 heterocycles. The summed E-state index contributed by atoms with van der Waals surface area (Å²) in [7, 11) is 0. The first-order valence-electron chi connectivity index (χ1n) is 9.38. The highest BCUT2D eigenvalue weighted by atomic mass is 35.5. The van der Waals surface area contributed by atoms with Crippen molar-refractivity contribution in [1.82, 2.24) is 4.90 Å². The molecule has 156 valence electrons. The van der Waals surface area contributed by atoms with Gasteiger partial charge in [0.2, 0.25) is 6.10 Å². The Bertz CT molecular complexity index is 800. The molecule has 1 fully saturated rings. The first kappa shape index (κ1) is 21.5. The normalized spacial score (nSPS) is 18.8. The molecule has 2 aromatic carbocycles. The lowest BCUT2D eigenvalue weighted by atomic mass is 9.90. The number of nitrogens with zero attached hydrogens (tertiary/aromatic N) is 1. The van der Waals surface area contributed by atoms with Gasteiger partial charge in [-0.1, -0.05) is 41.9 Å². The minimum atomic E-state index is -4.66. The van der Waals surface area contributed by atoms with Gasteiger partial charge in [0, 0.05) is 23.8 Å². The molecule has 1 N–H and O–H groups in total.